The zero-order chi connectivity index (χ0) is 16.9. The molecule has 1 aromatic carbocycles. The lowest BCUT2D eigenvalue weighted by atomic mass is 9.94. The monoisotopic (exact) mass is 350 g/mol. The fraction of sp³-hybridized carbons (Fsp3) is 0.300. The van der Waals surface area contributed by atoms with E-state index in [-0.39, 0.29) is 0 Å². The van der Waals surface area contributed by atoms with E-state index < -0.39 is 0 Å². The van der Waals surface area contributed by atoms with Crippen molar-refractivity contribution < 1.29 is 0 Å². The lowest BCUT2D eigenvalue weighted by molar-refractivity contribution is 0.373. The van der Waals surface area contributed by atoms with Gasteiger partial charge in [-0.1, -0.05) is 47.7 Å². The molecule has 1 saturated heterocycles. The van der Waals surface area contributed by atoms with Gasteiger partial charge in [-0.15, -0.1) is 0 Å². The molecule has 2 aromatic heterocycles. The molecule has 0 saturated carbocycles. The topological polar surface area (TPSA) is 49.8 Å². The molecule has 25 heavy (non-hydrogen) atoms. The largest absolute Gasteiger partial charge is 0.316 e. The smallest absolute Gasteiger partial charge is 0.188 e. The van der Waals surface area contributed by atoms with Gasteiger partial charge in [-0.2, -0.15) is 0 Å². The number of nitrogens with zero attached hydrogens (tertiary/aromatic N) is 2. The summed E-state index contributed by atoms with van der Waals surface area (Å²) in [6.07, 6.45) is 5.51. The third-order valence-electron chi connectivity index (χ3n) is 4.50. The first-order chi connectivity index (χ1) is 12.4. The van der Waals surface area contributed by atoms with Gasteiger partial charge in [0.05, 0.1) is 4.88 Å². The molecular formula is C20H22N4S. The summed E-state index contributed by atoms with van der Waals surface area (Å²) in [4.78, 5) is 10.4. The highest BCUT2D eigenvalue weighted by atomic mass is 32.1. The van der Waals surface area contributed by atoms with Gasteiger partial charge in [0.2, 0.25) is 0 Å². The Morgan fingerprint density at radius 1 is 1.12 bits per heavy atom. The van der Waals surface area contributed by atoms with Crippen LogP contribution in [0.1, 0.15) is 18.5 Å². The van der Waals surface area contributed by atoms with Crippen molar-refractivity contribution in [3.8, 4) is 10.4 Å². The minimum Gasteiger partial charge on any atom is -0.316 e. The van der Waals surface area contributed by atoms with Crippen molar-refractivity contribution in [3.63, 3.8) is 0 Å². The Labute approximate surface area is 152 Å². The van der Waals surface area contributed by atoms with Crippen LogP contribution in [-0.4, -0.2) is 23.1 Å². The van der Waals surface area contributed by atoms with Crippen LogP contribution >= 0.6 is 11.3 Å². The average Bonchev–Trinajstić information content (AvgIpc) is 3.12. The Morgan fingerprint density at radius 2 is 2.04 bits per heavy atom. The lowest BCUT2D eigenvalue weighted by Gasteiger charge is -2.22. The number of hydrogen-bond acceptors (Lipinski definition) is 5. The molecule has 4 rings (SSSR count). The Bertz CT molecular complexity index is 809. The van der Waals surface area contributed by atoms with E-state index in [1.807, 2.05) is 30.5 Å². The molecule has 1 aliphatic rings. The van der Waals surface area contributed by atoms with Crippen LogP contribution in [0.4, 0.5) is 10.9 Å². The summed E-state index contributed by atoms with van der Waals surface area (Å²) in [5.74, 6) is 1.57. The SMILES string of the molecule is c1ccc(-c2cnc(Nc3cccc(C[C@@H]4CCCNC4)n3)s2)cc1. The first kappa shape index (κ1) is 16.2. The second-order valence-electron chi connectivity index (χ2n) is 6.45. The summed E-state index contributed by atoms with van der Waals surface area (Å²) in [5, 5.41) is 7.71. The normalized spacial score (nSPS) is 17.4. The van der Waals surface area contributed by atoms with Crippen LogP contribution in [0.3, 0.4) is 0 Å². The van der Waals surface area contributed by atoms with Crippen LogP contribution in [0.25, 0.3) is 10.4 Å². The Balaban J connectivity index is 1.44. The van der Waals surface area contributed by atoms with Gasteiger partial charge in [-0.3, -0.25) is 0 Å². The minimum atomic E-state index is 0.695. The standard InChI is InChI=1S/C20H22N4S/c1-2-7-16(8-3-1)18-14-22-20(25-18)24-19-10-4-9-17(23-19)12-15-6-5-11-21-13-15/h1-4,7-10,14-15,21H,5-6,11-13H2,(H,22,23,24)/t15-/m0/s1. The lowest BCUT2D eigenvalue weighted by Crippen LogP contribution is -2.31. The predicted molar refractivity (Wildman–Crippen MR) is 104 cm³/mol. The van der Waals surface area contributed by atoms with Crippen molar-refractivity contribution >= 4 is 22.3 Å². The highest BCUT2D eigenvalue weighted by Gasteiger charge is 2.14. The van der Waals surface area contributed by atoms with E-state index in [0.29, 0.717) is 5.92 Å². The number of anilines is 2. The quantitative estimate of drug-likeness (QED) is 0.712. The van der Waals surface area contributed by atoms with E-state index in [4.69, 9.17) is 4.98 Å². The third-order valence-corrected chi connectivity index (χ3v) is 5.46. The number of rotatable bonds is 5. The maximum Gasteiger partial charge on any atom is 0.188 e. The van der Waals surface area contributed by atoms with Crippen molar-refractivity contribution in [1.82, 2.24) is 15.3 Å². The Morgan fingerprint density at radius 3 is 2.88 bits per heavy atom. The van der Waals surface area contributed by atoms with Gasteiger partial charge in [0.15, 0.2) is 5.13 Å². The molecule has 128 valence electrons. The molecule has 3 heterocycles. The van der Waals surface area contributed by atoms with Crippen LogP contribution < -0.4 is 10.6 Å². The van der Waals surface area contributed by atoms with Gasteiger partial charge in [0.1, 0.15) is 5.82 Å². The first-order valence-electron chi connectivity index (χ1n) is 8.82. The van der Waals surface area contributed by atoms with E-state index in [0.717, 1.165) is 41.0 Å². The van der Waals surface area contributed by atoms with E-state index in [1.165, 1.54) is 18.4 Å². The summed E-state index contributed by atoms with van der Waals surface area (Å²) in [7, 11) is 0. The molecule has 0 spiro atoms. The van der Waals surface area contributed by atoms with Crippen LogP contribution in [-0.2, 0) is 6.42 Å². The van der Waals surface area contributed by atoms with Gasteiger partial charge in [0.25, 0.3) is 0 Å². The maximum absolute atomic E-state index is 4.77. The second-order valence-corrected chi connectivity index (χ2v) is 7.48. The van der Waals surface area contributed by atoms with Gasteiger partial charge in [-0.05, 0) is 56.0 Å². The van der Waals surface area contributed by atoms with Crippen LogP contribution in [0.15, 0.2) is 54.7 Å². The fourth-order valence-corrected chi connectivity index (χ4v) is 4.06. The van der Waals surface area contributed by atoms with Crippen molar-refractivity contribution in [2.45, 2.75) is 19.3 Å². The Hall–Kier alpha value is -2.24. The number of benzene rings is 1. The molecule has 0 radical (unpaired) electrons. The third kappa shape index (κ3) is 4.24. The van der Waals surface area contributed by atoms with Crippen molar-refractivity contribution in [2.24, 2.45) is 5.92 Å². The molecule has 0 unspecified atom stereocenters. The Kier molecular flexibility index (Phi) is 5.04. The van der Waals surface area contributed by atoms with Crippen LogP contribution in [0.2, 0.25) is 0 Å². The highest BCUT2D eigenvalue weighted by molar-refractivity contribution is 7.18. The number of hydrogen-bond donors (Lipinski definition) is 2. The first-order valence-corrected chi connectivity index (χ1v) is 9.63. The number of nitrogens with one attached hydrogen (secondary N) is 2. The van der Waals surface area contributed by atoms with E-state index in [2.05, 4.69) is 39.9 Å². The molecule has 5 heteroatoms. The maximum atomic E-state index is 4.77. The van der Waals surface area contributed by atoms with Gasteiger partial charge in [-0.25, -0.2) is 9.97 Å². The zero-order valence-electron chi connectivity index (χ0n) is 14.1. The predicted octanol–water partition coefficient (Wildman–Crippen LogP) is 4.49. The van der Waals surface area contributed by atoms with E-state index in [9.17, 15) is 0 Å². The molecule has 0 amide bonds. The van der Waals surface area contributed by atoms with Crippen molar-refractivity contribution in [2.75, 3.05) is 18.4 Å². The summed E-state index contributed by atoms with van der Waals surface area (Å²) >= 11 is 1.65. The molecule has 3 aromatic rings. The molecule has 0 bridgehead atoms. The second kappa shape index (κ2) is 7.76. The number of aromatic nitrogens is 2. The summed E-state index contributed by atoms with van der Waals surface area (Å²) in [6, 6.07) is 16.5. The molecule has 1 fully saturated rings. The minimum absolute atomic E-state index is 0.695. The van der Waals surface area contributed by atoms with E-state index in [1.54, 1.807) is 11.3 Å². The van der Waals surface area contributed by atoms with Gasteiger partial charge >= 0.3 is 0 Å². The molecule has 2 N–H and O–H groups in total. The number of piperidine rings is 1. The molecular weight excluding hydrogens is 328 g/mol. The van der Waals surface area contributed by atoms with E-state index >= 15 is 0 Å². The highest BCUT2D eigenvalue weighted by Crippen LogP contribution is 2.30. The summed E-state index contributed by atoms with van der Waals surface area (Å²) in [6.45, 7) is 2.26. The van der Waals surface area contributed by atoms with Crippen LogP contribution in [0.5, 0.6) is 0 Å². The number of pyridine rings is 1. The molecule has 1 aliphatic heterocycles. The average molecular weight is 350 g/mol. The molecule has 1 atom stereocenters. The number of thiazole rings is 1. The fourth-order valence-electron chi connectivity index (χ4n) is 3.23. The zero-order valence-corrected chi connectivity index (χ0v) is 14.9. The van der Waals surface area contributed by atoms with Crippen molar-refractivity contribution in [3.05, 3.63) is 60.4 Å². The molecule has 0 aliphatic carbocycles. The summed E-state index contributed by atoms with van der Waals surface area (Å²) < 4.78 is 0. The summed E-state index contributed by atoms with van der Waals surface area (Å²) in [5.41, 5.74) is 2.35. The van der Waals surface area contributed by atoms with Gasteiger partial charge in [0, 0.05) is 11.9 Å². The van der Waals surface area contributed by atoms with Gasteiger partial charge < -0.3 is 10.6 Å². The van der Waals surface area contributed by atoms with Crippen molar-refractivity contribution in [1.29, 1.82) is 0 Å². The molecule has 4 nitrogen and oxygen atoms in total. The van der Waals surface area contributed by atoms with Crippen LogP contribution in [0, 0.1) is 5.92 Å².